The van der Waals surface area contributed by atoms with E-state index in [4.69, 9.17) is 0 Å². The number of nitrogens with zero attached hydrogens (tertiary/aromatic N) is 3. The molecule has 2 aromatic rings. The summed E-state index contributed by atoms with van der Waals surface area (Å²) < 4.78 is 1.55. The van der Waals surface area contributed by atoms with Gasteiger partial charge in [-0.1, -0.05) is 37.7 Å². The molecule has 1 aliphatic rings. The molecule has 2 amide bonds. The summed E-state index contributed by atoms with van der Waals surface area (Å²) in [6.45, 7) is 6.72. The number of rotatable bonds is 9. The fourth-order valence-corrected chi connectivity index (χ4v) is 4.50. The van der Waals surface area contributed by atoms with Gasteiger partial charge in [-0.25, -0.2) is 4.98 Å². The zero-order valence-electron chi connectivity index (χ0n) is 18.4. The topological polar surface area (TPSA) is 84.3 Å². The van der Waals surface area contributed by atoms with Crippen LogP contribution in [-0.4, -0.2) is 51.7 Å². The maximum Gasteiger partial charge on any atom is 0.262 e. The third-order valence-corrected chi connectivity index (χ3v) is 6.44. The van der Waals surface area contributed by atoms with E-state index in [-0.39, 0.29) is 36.1 Å². The first-order chi connectivity index (χ1) is 15.0. The third-order valence-electron chi connectivity index (χ3n) is 5.46. The number of piperidine rings is 1. The highest BCUT2D eigenvalue weighted by molar-refractivity contribution is 7.99. The van der Waals surface area contributed by atoms with Crippen molar-refractivity contribution in [1.29, 1.82) is 0 Å². The number of para-hydroxylation sites is 1. The lowest BCUT2D eigenvalue weighted by molar-refractivity contribution is -0.132. The SMILES string of the molecule is CC(C)CCNC(=O)CSc1nc2ccccc2c(=O)n1CCC(=O)N1CCCCC1. The first-order valence-corrected chi connectivity index (χ1v) is 12.1. The Kier molecular flexibility index (Phi) is 8.51. The standard InChI is InChI=1S/C23H32N4O3S/c1-17(2)10-12-24-20(28)16-31-23-25-19-9-5-4-8-18(19)22(30)27(23)15-11-21(29)26-13-6-3-7-14-26/h4-5,8-9,17H,3,6-7,10-16H2,1-2H3,(H,24,28). The van der Waals surface area contributed by atoms with Gasteiger partial charge in [0.05, 0.1) is 16.7 Å². The number of aromatic nitrogens is 2. The summed E-state index contributed by atoms with van der Waals surface area (Å²) in [6.07, 6.45) is 4.42. The fourth-order valence-electron chi connectivity index (χ4n) is 3.65. The van der Waals surface area contributed by atoms with Crippen LogP contribution in [0, 0.1) is 5.92 Å². The molecule has 1 aromatic heterocycles. The first-order valence-electron chi connectivity index (χ1n) is 11.1. The van der Waals surface area contributed by atoms with Crippen LogP contribution in [0.4, 0.5) is 0 Å². The van der Waals surface area contributed by atoms with E-state index in [0.717, 1.165) is 38.8 Å². The number of carbonyl (C=O) groups is 2. The van der Waals surface area contributed by atoms with Gasteiger partial charge in [0.25, 0.3) is 5.56 Å². The lowest BCUT2D eigenvalue weighted by Crippen LogP contribution is -2.37. The van der Waals surface area contributed by atoms with Crippen molar-refractivity contribution in [2.45, 2.75) is 57.7 Å². The van der Waals surface area contributed by atoms with Gasteiger partial charge in [-0.05, 0) is 43.7 Å². The van der Waals surface area contributed by atoms with Crippen molar-refractivity contribution in [1.82, 2.24) is 19.8 Å². The van der Waals surface area contributed by atoms with E-state index >= 15 is 0 Å². The first kappa shape index (κ1) is 23.3. The molecule has 2 heterocycles. The smallest absolute Gasteiger partial charge is 0.262 e. The predicted octanol–water partition coefficient (Wildman–Crippen LogP) is 3.05. The van der Waals surface area contributed by atoms with Gasteiger partial charge in [0.1, 0.15) is 0 Å². The molecule has 0 spiro atoms. The number of fused-ring (bicyclic) bond motifs is 1. The molecule has 1 saturated heterocycles. The second-order valence-corrected chi connectivity index (χ2v) is 9.32. The summed E-state index contributed by atoms with van der Waals surface area (Å²) in [5.41, 5.74) is 0.439. The normalized spacial score (nSPS) is 14.2. The number of nitrogens with one attached hydrogen (secondary N) is 1. The van der Waals surface area contributed by atoms with E-state index < -0.39 is 0 Å². The number of hydrogen-bond donors (Lipinski definition) is 1. The van der Waals surface area contributed by atoms with Crippen LogP contribution in [0.3, 0.4) is 0 Å². The number of thioether (sulfide) groups is 1. The highest BCUT2D eigenvalue weighted by Gasteiger charge is 2.18. The second kappa shape index (κ2) is 11.3. The fraction of sp³-hybridized carbons (Fsp3) is 0.565. The summed E-state index contributed by atoms with van der Waals surface area (Å²) in [6, 6.07) is 7.20. The van der Waals surface area contributed by atoms with Crippen molar-refractivity contribution in [3.05, 3.63) is 34.6 Å². The van der Waals surface area contributed by atoms with Gasteiger partial charge in [-0.3, -0.25) is 19.0 Å². The Morgan fingerprint density at radius 3 is 2.65 bits per heavy atom. The van der Waals surface area contributed by atoms with Gasteiger partial charge in [0, 0.05) is 32.6 Å². The summed E-state index contributed by atoms with van der Waals surface area (Å²) in [5.74, 6) is 0.701. The van der Waals surface area contributed by atoms with E-state index in [9.17, 15) is 14.4 Å². The molecule has 1 aliphatic heterocycles. The van der Waals surface area contributed by atoms with Crippen LogP contribution in [0.15, 0.2) is 34.2 Å². The van der Waals surface area contributed by atoms with Crippen molar-refractivity contribution < 1.29 is 9.59 Å². The largest absolute Gasteiger partial charge is 0.355 e. The van der Waals surface area contributed by atoms with Crippen molar-refractivity contribution in [3.63, 3.8) is 0 Å². The predicted molar refractivity (Wildman–Crippen MR) is 124 cm³/mol. The molecule has 1 fully saturated rings. The van der Waals surface area contributed by atoms with Crippen LogP contribution in [0.2, 0.25) is 0 Å². The molecular weight excluding hydrogens is 412 g/mol. The Balaban J connectivity index is 1.73. The molecule has 0 unspecified atom stereocenters. The number of likely N-dealkylation sites (tertiary alicyclic amines) is 1. The van der Waals surface area contributed by atoms with Crippen molar-refractivity contribution in [3.8, 4) is 0 Å². The summed E-state index contributed by atoms with van der Waals surface area (Å²) in [7, 11) is 0. The quantitative estimate of drug-likeness (QED) is 0.475. The zero-order valence-corrected chi connectivity index (χ0v) is 19.2. The van der Waals surface area contributed by atoms with E-state index in [0.29, 0.717) is 28.5 Å². The van der Waals surface area contributed by atoms with Gasteiger partial charge in [-0.2, -0.15) is 0 Å². The minimum atomic E-state index is -0.167. The molecule has 0 saturated carbocycles. The average Bonchev–Trinajstić information content (AvgIpc) is 2.77. The monoisotopic (exact) mass is 444 g/mol. The molecule has 0 radical (unpaired) electrons. The number of benzene rings is 1. The third kappa shape index (κ3) is 6.56. The number of carbonyl (C=O) groups excluding carboxylic acids is 2. The van der Waals surface area contributed by atoms with Crippen LogP contribution in [0.1, 0.15) is 46.0 Å². The molecular formula is C23H32N4O3S. The van der Waals surface area contributed by atoms with Gasteiger partial charge in [0.15, 0.2) is 5.16 Å². The Morgan fingerprint density at radius 2 is 1.90 bits per heavy atom. The van der Waals surface area contributed by atoms with E-state index in [2.05, 4.69) is 24.1 Å². The van der Waals surface area contributed by atoms with Crippen LogP contribution < -0.4 is 10.9 Å². The number of amides is 2. The summed E-state index contributed by atoms with van der Waals surface area (Å²) in [5, 5.41) is 3.92. The maximum atomic E-state index is 13.1. The molecule has 1 aromatic carbocycles. The Hall–Kier alpha value is -2.35. The lowest BCUT2D eigenvalue weighted by atomic mass is 10.1. The molecule has 3 rings (SSSR count). The van der Waals surface area contributed by atoms with Gasteiger partial charge < -0.3 is 10.2 Å². The molecule has 0 aliphatic carbocycles. The van der Waals surface area contributed by atoms with Gasteiger partial charge >= 0.3 is 0 Å². The molecule has 7 nitrogen and oxygen atoms in total. The highest BCUT2D eigenvalue weighted by atomic mass is 32.2. The zero-order chi connectivity index (χ0) is 22.2. The van der Waals surface area contributed by atoms with Crippen LogP contribution in [0.5, 0.6) is 0 Å². The molecule has 0 atom stereocenters. The molecule has 8 heteroatoms. The van der Waals surface area contributed by atoms with E-state index in [1.54, 1.807) is 16.7 Å². The van der Waals surface area contributed by atoms with Crippen LogP contribution in [-0.2, 0) is 16.1 Å². The van der Waals surface area contributed by atoms with Gasteiger partial charge in [0.2, 0.25) is 11.8 Å². The minimum absolute atomic E-state index is 0.0714. The van der Waals surface area contributed by atoms with Gasteiger partial charge in [-0.15, -0.1) is 0 Å². The molecule has 168 valence electrons. The van der Waals surface area contributed by atoms with E-state index in [1.165, 1.54) is 11.8 Å². The minimum Gasteiger partial charge on any atom is -0.355 e. The van der Waals surface area contributed by atoms with Crippen molar-refractivity contribution in [2.24, 2.45) is 5.92 Å². The maximum absolute atomic E-state index is 13.1. The van der Waals surface area contributed by atoms with Crippen molar-refractivity contribution in [2.75, 3.05) is 25.4 Å². The lowest BCUT2D eigenvalue weighted by Gasteiger charge is -2.27. The molecule has 31 heavy (non-hydrogen) atoms. The Labute approximate surface area is 187 Å². The molecule has 1 N–H and O–H groups in total. The van der Waals surface area contributed by atoms with E-state index in [1.807, 2.05) is 17.0 Å². The van der Waals surface area contributed by atoms with Crippen LogP contribution in [0.25, 0.3) is 10.9 Å². The molecule has 0 bridgehead atoms. The summed E-state index contributed by atoms with van der Waals surface area (Å²) >= 11 is 1.25. The second-order valence-electron chi connectivity index (χ2n) is 8.38. The summed E-state index contributed by atoms with van der Waals surface area (Å²) in [4.78, 5) is 44.5. The highest BCUT2D eigenvalue weighted by Crippen LogP contribution is 2.19. The number of hydrogen-bond acceptors (Lipinski definition) is 5. The van der Waals surface area contributed by atoms with Crippen molar-refractivity contribution >= 4 is 34.5 Å². The average molecular weight is 445 g/mol. The Morgan fingerprint density at radius 1 is 1.16 bits per heavy atom. The van der Waals surface area contributed by atoms with Crippen LogP contribution >= 0.6 is 11.8 Å². The Bertz CT molecular complexity index is 967.